The van der Waals surface area contributed by atoms with Crippen molar-refractivity contribution in [1.82, 2.24) is 19.4 Å². The quantitative estimate of drug-likeness (QED) is 0.882. The van der Waals surface area contributed by atoms with E-state index < -0.39 is 10.0 Å². The summed E-state index contributed by atoms with van der Waals surface area (Å²) < 4.78 is 27.4. The Bertz CT molecular complexity index is 766. The fraction of sp³-hybridized carbons (Fsp3) is 0.533. The largest absolute Gasteiger partial charge is 0.292 e. The van der Waals surface area contributed by atoms with Gasteiger partial charge in [-0.05, 0) is 25.1 Å². The van der Waals surface area contributed by atoms with Gasteiger partial charge in [-0.15, -0.1) is 11.3 Å². The molecule has 0 saturated heterocycles. The Kier molecular flexibility index (Phi) is 4.86. The van der Waals surface area contributed by atoms with Crippen molar-refractivity contribution in [3.63, 3.8) is 0 Å². The molecule has 126 valence electrons. The molecule has 1 atom stereocenters. The second-order valence-electron chi connectivity index (χ2n) is 6.17. The first-order chi connectivity index (χ1) is 10.9. The number of fused-ring (bicyclic) bond motifs is 1. The molecule has 3 heterocycles. The van der Waals surface area contributed by atoms with Gasteiger partial charge in [0, 0.05) is 54.6 Å². The van der Waals surface area contributed by atoms with Crippen LogP contribution in [0, 0.1) is 12.8 Å². The summed E-state index contributed by atoms with van der Waals surface area (Å²) in [4.78, 5) is 5.03. The minimum atomic E-state index is -3.17. The van der Waals surface area contributed by atoms with E-state index in [-0.39, 0.29) is 5.92 Å². The Morgan fingerprint density at radius 3 is 2.87 bits per heavy atom. The molecule has 0 aromatic carbocycles. The van der Waals surface area contributed by atoms with Crippen molar-refractivity contribution in [2.24, 2.45) is 5.92 Å². The highest BCUT2D eigenvalue weighted by Crippen LogP contribution is 2.21. The molecule has 0 saturated carbocycles. The SMILES string of the molecule is Cc1ccc(CN2Cc3ccnn3C[C@H](CNS(C)(=O)=O)C2)s1. The van der Waals surface area contributed by atoms with Crippen molar-refractivity contribution in [2.45, 2.75) is 26.6 Å². The molecule has 0 amide bonds. The summed E-state index contributed by atoms with van der Waals surface area (Å²) in [7, 11) is -3.17. The molecule has 1 aliphatic rings. The molecule has 23 heavy (non-hydrogen) atoms. The third-order valence-electron chi connectivity index (χ3n) is 3.95. The lowest BCUT2D eigenvalue weighted by molar-refractivity contribution is 0.223. The molecular formula is C15H22N4O2S2. The molecule has 0 unspecified atom stereocenters. The number of aryl methyl sites for hydroxylation is 1. The smallest absolute Gasteiger partial charge is 0.208 e. The Hall–Kier alpha value is -1.22. The zero-order valence-electron chi connectivity index (χ0n) is 13.4. The van der Waals surface area contributed by atoms with Crippen LogP contribution < -0.4 is 4.72 Å². The normalized spacial score (nSPS) is 19.5. The maximum Gasteiger partial charge on any atom is 0.208 e. The van der Waals surface area contributed by atoms with E-state index in [2.05, 4.69) is 33.8 Å². The first-order valence-corrected chi connectivity index (χ1v) is 10.3. The van der Waals surface area contributed by atoms with Gasteiger partial charge in [-0.1, -0.05) is 0 Å². The second-order valence-corrected chi connectivity index (χ2v) is 9.38. The lowest BCUT2D eigenvalue weighted by Crippen LogP contribution is -2.36. The highest BCUT2D eigenvalue weighted by Gasteiger charge is 2.23. The van der Waals surface area contributed by atoms with Gasteiger partial charge in [0.05, 0.1) is 11.9 Å². The number of nitrogens with one attached hydrogen (secondary N) is 1. The lowest BCUT2D eigenvalue weighted by Gasteiger charge is -2.23. The number of thiophene rings is 1. The van der Waals surface area contributed by atoms with Crippen LogP contribution in [0.2, 0.25) is 0 Å². The Morgan fingerprint density at radius 2 is 2.17 bits per heavy atom. The van der Waals surface area contributed by atoms with Crippen molar-refractivity contribution >= 4 is 21.4 Å². The minimum Gasteiger partial charge on any atom is -0.292 e. The van der Waals surface area contributed by atoms with Crippen LogP contribution in [0.25, 0.3) is 0 Å². The summed E-state index contributed by atoms with van der Waals surface area (Å²) in [5.41, 5.74) is 1.18. The van der Waals surface area contributed by atoms with Crippen LogP contribution in [-0.4, -0.2) is 42.4 Å². The van der Waals surface area contributed by atoms with E-state index >= 15 is 0 Å². The summed E-state index contributed by atoms with van der Waals surface area (Å²) in [6.45, 7) is 5.88. The molecule has 2 aromatic heterocycles. The zero-order valence-corrected chi connectivity index (χ0v) is 15.0. The Labute approximate surface area is 141 Å². The third-order valence-corrected chi connectivity index (χ3v) is 5.62. The molecule has 8 heteroatoms. The fourth-order valence-corrected chi connectivity index (χ4v) is 4.40. The maximum absolute atomic E-state index is 11.4. The first kappa shape index (κ1) is 16.6. The van der Waals surface area contributed by atoms with E-state index in [1.54, 1.807) is 0 Å². The average Bonchev–Trinajstić information content (AvgIpc) is 3.01. The van der Waals surface area contributed by atoms with Crippen molar-refractivity contribution in [3.05, 3.63) is 39.8 Å². The standard InChI is InChI=1S/C15H22N4O2S2/c1-12-3-4-15(22-12)11-18-8-13(7-17-23(2,20)21)9-19-14(10-18)5-6-16-19/h3-6,13,17H,7-11H2,1-2H3/t13-/m1/s1. The van der Waals surface area contributed by atoms with Gasteiger partial charge in [-0.2, -0.15) is 5.10 Å². The highest BCUT2D eigenvalue weighted by atomic mass is 32.2. The fourth-order valence-electron chi connectivity index (χ4n) is 2.93. The molecule has 1 aliphatic heterocycles. The van der Waals surface area contributed by atoms with Gasteiger partial charge in [-0.3, -0.25) is 9.58 Å². The van der Waals surface area contributed by atoms with Crippen molar-refractivity contribution < 1.29 is 8.42 Å². The molecule has 0 radical (unpaired) electrons. The first-order valence-electron chi connectivity index (χ1n) is 7.62. The molecule has 0 spiro atoms. The predicted molar refractivity (Wildman–Crippen MR) is 91.7 cm³/mol. The summed E-state index contributed by atoms with van der Waals surface area (Å²) in [5.74, 6) is 0.201. The number of sulfonamides is 1. The summed E-state index contributed by atoms with van der Waals surface area (Å²) in [6, 6.07) is 6.36. The summed E-state index contributed by atoms with van der Waals surface area (Å²) in [6.07, 6.45) is 3.02. The van der Waals surface area contributed by atoms with Crippen molar-refractivity contribution in [1.29, 1.82) is 0 Å². The number of nitrogens with zero attached hydrogens (tertiary/aromatic N) is 3. The van der Waals surface area contributed by atoms with Gasteiger partial charge in [0.15, 0.2) is 0 Å². The van der Waals surface area contributed by atoms with Crippen LogP contribution in [0.3, 0.4) is 0 Å². The van der Waals surface area contributed by atoms with E-state index in [4.69, 9.17) is 0 Å². The molecular weight excluding hydrogens is 332 g/mol. The van der Waals surface area contributed by atoms with Gasteiger partial charge >= 0.3 is 0 Å². The van der Waals surface area contributed by atoms with Crippen LogP contribution >= 0.6 is 11.3 Å². The monoisotopic (exact) mass is 354 g/mol. The Balaban J connectivity index is 1.74. The average molecular weight is 355 g/mol. The molecule has 3 rings (SSSR count). The molecule has 6 nitrogen and oxygen atoms in total. The predicted octanol–water partition coefficient (Wildman–Crippen LogP) is 1.43. The van der Waals surface area contributed by atoms with Crippen LogP contribution in [-0.2, 0) is 29.7 Å². The molecule has 1 N–H and O–H groups in total. The highest BCUT2D eigenvalue weighted by molar-refractivity contribution is 7.88. The van der Waals surface area contributed by atoms with Gasteiger partial charge < -0.3 is 0 Å². The third kappa shape index (κ3) is 4.63. The zero-order chi connectivity index (χ0) is 16.4. The molecule has 0 bridgehead atoms. The van der Waals surface area contributed by atoms with E-state index in [9.17, 15) is 8.42 Å². The maximum atomic E-state index is 11.4. The minimum absolute atomic E-state index is 0.201. The van der Waals surface area contributed by atoms with Crippen LogP contribution in [0.4, 0.5) is 0 Å². The van der Waals surface area contributed by atoms with Gasteiger partial charge in [-0.25, -0.2) is 13.1 Å². The molecule has 0 fully saturated rings. The summed E-state index contributed by atoms with van der Waals surface area (Å²) in [5, 5.41) is 4.37. The van der Waals surface area contributed by atoms with E-state index in [1.165, 1.54) is 21.7 Å². The summed E-state index contributed by atoms with van der Waals surface area (Å²) >= 11 is 1.81. The van der Waals surface area contributed by atoms with Crippen LogP contribution in [0.1, 0.15) is 15.4 Å². The lowest BCUT2D eigenvalue weighted by atomic mass is 10.1. The van der Waals surface area contributed by atoms with Crippen LogP contribution in [0.15, 0.2) is 24.4 Å². The van der Waals surface area contributed by atoms with Crippen molar-refractivity contribution in [2.75, 3.05) is 19.3 Å². The number of aromatic nitrogens is 2. The van der Waals surface area contributed by atoms with Crippen molar-refractivity contribution in [3.8, 4) is 0 Å². The molecule has 0 aliphatic carbocycles. The molecule has 2 aromatic rings. The van der Waals surface area contributed by atoms with E-state index in [1.807, 2.05) is 28.3 Å². The van der Waals surface area contributed by atoms with Gasteiger partial charge in [0.1, 0.15) is 0 Å². The van der Waals surface area contributed by atoms with E-state index in [0.29, 0.717) is 6.54 Å². The van der Waals surface area contributed by atoms with E-state index in [0.717, 1.165) is 26.2 Å². The van der Waals surface area contributed by atoms with Crippen LogP contribution in [0.5, 0.6) is 0 Å². The van der Waals surface area contributed by atoms with Gasteiger partial charge in [0.2, 0.25) is 10.0 Å². The second kappa shape index (κ2) is 6.72. The number of hydrogen-bond donors (Lipinski definition) is 1. The topological polar surface area (TPSA) is 67.2 Å². The number of hydrogen-bond acceptors (Lipinski definition) is 5. The number of rotatable bonds is 5. The van der Waals surface area contributed by atoms with Gasteiger partial charge in [0.25, 0.3) is 0 Å². The Morgan fingerprint density at radius 1 is 1.35 bits per heavy atom.